The first-order valence-corrected chi connectivity index (χ1v) is 9.07. The Kier molecular flexibility index (Phi) is 6.35. The largest absolute Gasteiger partial charge is 0.308 e. The summed E-state index contributed by atoms with van der Waals surface area (Å²) in [5, 5.41) is 8.87. The second-order valence-corrected chi connectivity index (χ2v) is 6.49. The average Bonchev–Trinajstić information content (AvgIpc) is 2.71. The van der Waals surface area contributed by atoms with E-state index in [1.54, 1.807) is 18.2 Å². The summed E-state index contributed by atoms with van der Waals surface area (Å²) >= 11 is 0. The lowest BCUT2D eigenvalue weighted by atomic mass is 9.99. The number of halogens is 1. The maximum absolute atomic E-state index is 14.1. The number of amides is 1. The molecule has 0 atom stereocenters. The van der Waals surface area contributed by atoms with Gasteiger partial charge >= 0.3 is 0 Å². The van der Waals surface area contributed by atoms with Crippen molar-refractivity contribution in [1.82, 2.24) is 4.90 Å². The molecule has 4 nitrogen and oxygen atoms in total. The molecular formula is C22H22FN3O. The van der Waals surface area contributed by atoms with Gasteiger partial charge in [0.2, 0.25) is 5.91 Å². The third kappa shape index (κ3) is 4.81. The molecule has 2 aromatic carbocycles. The van der Waals surface area contributed by atoms with Gasteiger partial charge in [-0.1, -0.05) is 48.5 Å². The Hall–Kier alpha value is -2.97. The number of nitrogens with zero attached hydrogens (tertiary/aromatic N) is 3. The lowest BCUT2D eigenvalue weighted by Crippen LogP contribution is -2.42. The van der Waals surface area contributed by atoms with Crippen molar-refractivity contribution >= 4 is 17.2 Å². The molecule has 0 saturated heterocycles. The van der Waals surface area contributed by atoms with E-state index in [0.29, 0.717) is 6.54 Å². The van der Waals surface area contributed by atoms with Crippen LogP contribution in [0.2, 0.25) is 0 Å². The molecular weight excluding hydrogens is 341 g/mol. The van der Waals surface area contributed by atoms with Crippen LogP contribution in [-0.2, 0) is 4.79 Å². The van der Waals surface area contributed by atoms with Crippen LogP contribution in [0.4, 0.5) is 10.1 Å². The van der Waals surface area contributed by atoms with E-state index in [1.165, 1.54) is 22.1 Å². The number of carbonyl (C=O) groups is 1. The number of hydrogen-bond acceptors (Lipinski definition) is 3. The molecule has 0 spiro atoms. The van der Waals surface area contributed by atoms with Gasteiger partial charge in [-0.3, -0.25) is 9.69 Å². The van der Waals surface area contributed by atoms with Gasteiger partial charge in [0.25, 0.3) is 0 Å². The van der Waals surface area contributed by atoms with E-state index in [4.69, 9.17) is 5.26 Å². The van der Waals surface area contributed by atoms with Crippen LogP contribution in [-0.4, -0.2) is 37.0 Å². The standard InChI is InChI=1S/C22H22FN3O/c23-20-9-4-5-10-21(20)26(14-6-13-24)22(27)17-25-15-11-19(12-16-25)18-7-2-1-3-8-18/h1-5,7-11H,6,12,14-17H2. The Morgan fingerprint density at radius 3 is 2.56 bits per heavy atom. The summed E-state index contributed by atoms with van der Waals surface area (Å²) in [5.41, 5.74) is 2.73. The van der Waals surface area contributed by atoms with Crippen LogP contribution in [0.3, 0.4) is 0 Å². The molecule has 0 radical (unpaired) electrons. The lowest BCUT2D eigenvalue weighted by molar-refractivity contribution is -0.119. The molecule has 0 aliphatic carbocycles. The lowest BCUT2D eigenvalue weighted by Gasteiger charge is -2.29. The summed E-state index contributed by atoms with van der Waals surface area (Å²) in [6.45, 7) is 1.85. The summed E-state index contributed by atoms with van der Waals surface area (Å²) in [6.07, 6.45) is 3.18. The maximum Gasteiger partial charge on any atom is 0.241 e. The molecule has 0 saturated carbocycles. The van der Waals surface area contributed by atoms with Gasteiger partial charge in [-0.05, 0) is 29.7 Å². The zero-order chi connectivity index (χ0) is 19.1. The van der Waals surface area contributed by atoms with Gasteiger partial charge in [0.1, 0.15) is 5.82 Å². The molecule has 0 aromatic heterocycles. The van der Waals surface area contributed by atoms with E-state index in [0.717, 1.165) is 13.0 Å². The molecule has 2 aromatic rings. The highest BCUT2D eigenvalue weighted by Gasteiger charge is 2.22. The van der Waals surface area contributed by atoms with E-state index < -0.39 is 5.82 Å². The van der Waals surface area contributed by atoms with Gasteiger partial charge in [-0.15, -0.1) is 0 Å². The third-order valence-electron chi connectivity index (χ3n) is 4.69. The number of rotatable bonds is 6. The van der Waals surface area contributed by atoms with E-state index in [2.05, 4.69) is 23.1 Å². The van der Waals surface area contributed by atoms with Crippen molar-refractivity contribution < 1.29 is 9.18 Å². The van der Waals surface area contributed by atoms with Crippen molar-refractivity contribution in [2.45, 2.75) is 12.8 Å². The molecule has 3 rings (SSSR count). The first-order valence-electron chi connectivity index (χ1n) is 9.07. The average molecular weight is 363 g/mol. The monoisotopic (exact) mass is 363 g/mol. The van der Waals surface area contributed by atoms with Crippen LogP contribution in [0.25, 0.3) is 5.57 Å². The highest BCUT2D eigenvalue weighted by atomic mass is 19.1. The quantitative estimate of drug-likeness (QED) is 0.783. The van der Waals surface area contributed by atoms with E-state index >= 15 is 0 Å². The Morgan fingerprint density at radius 2 is 1.89 bits per heavy atom. The minimum absolute atomic E-state index is 0.165. The fourth-order valence-corrected chi connectivity index (χ4v) is 3.26. The van der Waals surface area contributed by atoms with Crippen LogP contribution in [0.15, 0.2) is 60.7 Å². The minimum atomic E-state index is -0.450. The zero-order valence-corrected chi connectivity index (χ0v) is 15.1. The smallest absolute Gasteiger partial charge is 0.241 e. The van der Waals surface area contributed by atoms with Crippen LogP contribution < -0.4 is 4.90 Å². The van der Waals surface area contributed by atoms with E-state index in [-0.39, 0.29) is 31.1 Å². The van der Waals surface area contributed by atoms with Crippen molar-refractivity contribution in [2.75, 3.05) is 31.1 Å². The van der Waals surface area contributed by atoms with Crippen molar-refractivity contribution in [1.29, 1.82) is 5.26 Å². The highest BCUT2D eigenvalue weighted by molar-refractivity contribution is 5.95. The molecule has 0 unspecified atom stereocenters. The molecule has 5 heteroatoms. The normalized spacial score (nSPS) is 14.3. The molecule has 1 aliphatic rings. The van der Waals surface area contributed by atoms with Gasteiger partial charge in [0.05, 0.1) is 24.7 Å². The summed E-state index contributed by atoms with van der Waals surface area (Å²) in [7, 11) is 0. The molecule has 1 heterocycles. The molecule has 1 aliphatic heterocycles. The molecule has 0 fully saturated rings. The number of para-hydroxylation sites is 1. The topological polar surface area (TPSA) is 47.3 Å². The Bertz CT molecular complexity index is 857. The molecule has 0 N–H and O–H groups in total. The molecule has 138 valence electrons. The number of hydrogen-bond donors (Lipinski definition) is 0. The van der Waals surface area contributed by atoms with Crippen LogP contribution in [0.5, 0.6) is 0 Å². The van der Waals surface area contributed by atoms with E-state index in [9.17, 15) is 9.18 Å². The summed E-state index contributed by atoms with van der Waals surface area (Å²) < 4.78 is 14.1. The highest BCUT2D eigenvalue weighted by Crippen LogP contribution is 2.23. The zero-order valence-electron chi connectivity index (χ0n) is 15.1. The third-order valence-corrected chi connectivity index (χ3v) is 4.69. The summed E-state index contributed by atoms with van der Waals surface area (Å²) in [6, 6.07) is 18.4. The van der Waals surface area contributed by atoms with Gasteiger partial charge in [-0.25, -0.2) is 4.39 Å². The van der Waals surface area contributed by atoms with Crippen molar-refractivity contribution in [3.63, 3.8) is 0 Å². The van der Waals surface area contributed by atoms with Crippen LogP contribution in [0, 0.1) is 17.1 Å². The Balaban J connectivity index is 1.67. The van der Waals surface area contributed by atoms with E-state index in [1.807, 2.05) is 24.3 Å². The SMILES string of the molecule is N#CCCN(C(=O)CN1CC=C(c2ccccc2)CC1)c1ccccc1F. The summed E-state index contributed by atoms with van der Waals surface area (Å²) in [5.74, 6) is -0.638. The second kappa shape index (κ2) is 9.11. The van der Waals surface area contributed by atoms with Gasteiger partial charge < -0.3 is 4.90 Å². The predicted molar refractivity (Wildman–Crippen MR) is 104 cm³/mol. The second-order valence-electron chi connectivity index (χ2n) is 6.49. The number of benzene rings is 2. The van der Waals surface area contributed by atoms with Crippen molar-refractivity contribution in [2.24, 2.45) is 0 Å². The molecule has 0 bridgehead atoms. The summed E-state index contributed by atoms with van der Waals surface area (Å²) in [4.78, 5) is 16.2. The molecule has 1 amide bonds. The number of carbonyl (C=O) groups excluding carboxylic acids is 1. The van der Waals surface area contributed by atoms with Crippen molar-refractivity contribution in [3.8, 4) is 6.07 Å². The minimum Gasteiger partial charge on any atom is -0.308 e. The van der Waals surface area contributed by atoms with Gasteiger partial charge in [0.15, 0.2) is 0 Å². The fraction of sp³-hybridized carbons (Fsp3) is 0.273. The Labute approximate surface area is 159 Å². The predicted octanol–water partition coefficient (Wildman–Crippen LogP) is 3.86. The fourth-order valence-electron chi connectivity index (χ4n) is 3.26. The number of nitriles is 1. The van der Waals surface area contributed by atoms with Gasteiger partial charge in [-0.2, -0.15) is 5.26 Å². The van der Waals surface area contributed by atoms with Crippen molar-refractivity contribution in [3.05, 3.63) is 72.1 Å². The van der Waals surface area contributed by atoms with Crippen LogP contribution in [0.1, 0.15) is 18.4 Å². The molecule has 27 heavy (non-hydrogen) atoms. The van der Waals surface area contributed by atoms with Gasteiger partial charge in [0, 0.05) is 19.6 Å². The number of anilines is 1. The first kappa shape index (κ1) is 18.8. The first-order chi connectivity index (χ1) is 13.2. The van der Waals surface area contributed by atoms with Crippen LogP contribution >= 0.6 is 0 Å². The Morgan fingerprint density at radius 1 is 1.15 bits per heavy atom. The maximum atomic E-state index is 14.1.